The first kappa shape index (κ1) is 12.3. The Kier molecular flexibility index (Phi) is 3.35. The zero-order valence-corrected chi connectivity index (χ0v) is 11.4. The van der Waals surface area contributed by atoms with E-state index in [1.807, 2.05) is 32.9 Å². The van der Waals surface area contributed by atoms with E-state index in [2.05, 4.69) is 10.3 Å². The Morgan fingerprint density at radius 2 is 2.18 bits per heavy atom. The molecule has 2 aromatic rings. The Morgan fingerprint density at radius 1 is 1.47 bits per heavy atom. The minimum atomic E-state index is -0.0488. The third-order valence-corrected chi connectivity index (χ3v) is 3.76. The molecule has 0 bridgehead atoms. The number of amides is 1. The van der Waals surface area contributed by atoms with Crippen LogP contribution in [0.1, 0.15) is 19.4 Å². The Balaban J connectivity index is 2.35. The molecule has 0 radical (unpaired) electrons. The van der Waals surface area contributed by atoms with Crippen molar-refractivity contribution in [2.24, 2.45) is 5.92 Å². The molecule has 1 aromatic carbocycles. The van der Waals surface area contributed by atoms with E-state index in [9.17, 15) is 4.79 Å². The van der Waals surface area contributed by atoms with Crippen LogP contribution in [0.5, 0.6) is 0 Å². The van der Waals surface area contributed by atoms with E-state index in [0.29, 0.717) is 10.2 Å². The zero-order chi connectivity index (χ0) is 12.6. The summed E-state index contributed by atoms with van der Waals surface area (Å²) in [5.74, 6) is -0.0702. The fraction of sp³-hybridized carbons (Fsp3) is 0.333. The molecule has 2 rings (SSSR count). The van der Waals surface area contributed by atoms with Gasteiger partial charge in [-0.15, -0.1) is 0 Å². The number of nitrogens with zero attached hydrogens (tertiary/aromatic N) is 1. The normalized spacial score (nSPS) is 11.1. The number of benzene rings is 1. The van der Waals surface area contributed by atoms with Crippen molar-refractivity contribution in [3.63, 3.8) is 0 Å². The lowest BCUT2D eigenvalue weighted by molar-refractivity contribution is -0.118. The number of thiazole rings is 1. The van der Waals surface area contributed by atoms with Gasteiger partial charge in [0.15, 0.2) is 5.13 Å². The molecule has 0 aliphatic carbocycles. The fourth-order valence-electron chi connectivity index (χ4n) is 1.35. The Labute approximate surface area is 109 Å². The molecule has 1 aromatic heterocycles. The summed E-state index contributed by atoms with van der Waals surface area (Å²) in [5.41, 5.74) is 1.84. The summed E-state index contributed by atoms with van der Waals surface area (Å²) in [6.45, 7) is 5.65. The second-order valence-corrected chi connectivity index (χ2v) is 5.67. The molecule has 90 valence electrons. The summed E-state index contributed by atoms with van der Waals surface area (Å²) < 4.78 is 1.03. The van der Waals surface area contributed by atoms with E-state index < -0.39 is 0 Å². The van der Waals surface area contributed by atoms with Crippen molar-refractivity contribution >= 4 is 44.2 Å². The number of aromatic nitrogens is 1. The predicted octanol–water partition coefficient (Wildman–Crippen LogP) is 3.85. The maximum absolute atomic E-state index is 11.6. The Bertz CT molecular complexity index is 538. The fourth-order valence-corrected chi connectivity index (χ4v) is 2.46. The van der Waals surface area contributed by atoms with Gasteiger partial charge >= 0.3 is 0 Å². The van der Waals surface area contributed by atoms with Gasteiger partial charge in [0.1, 0.15) is 0 Å². The molecule has 0 atom stereocenters. The number of carbonyl (C=O) groups excluding carboxylic acids is 1. The smallest absolute Gasteiger partial charge is 0.228 e. The molecule has 1 N–H and O–H groups in total. The lowest BCUT2D eigenvalue weighted by Crippen LogP contribution is -2.17. The van der Waals surface area contributed by atoms with Crippen molar-refractivity contribution in [2.45, 2.75) is 20.8 Å². The number of carbonyl (C=O) groups is 1. The average molecular weight is 269 g/mol. The van der Waals surface area contributed by atoms with Crippen LogP contribution in [0.4, 0.5) is 5.13 Å². The first-order valence-electron chi connectivity index (χ1n) is 5.35. The molecule has 0 aliphatic rings. The van der Waals surface area contributed by atoms with Gasteiger partial charge in [-0.3, -0.25) is 4.79 Å². The van der Waals surface area contributed by atoms with Crippen molar-refractivity contribution < 1.29 is 4.79 Å². The van der Waals surface area contributed by atoms with Crippen LogP contribution in [0, 0.1) is 12.8 Å². The molecule has 1 amide bonds. The highest BCUT2D eigenvalue weighted by molar-refractivity contribution is 7.22. The number of rotatable bonds is 2. The molecule has 3 nitrogen and oxygen atoms in total. The highest BCUT2D eigenvalue weighted by atomic mass is 35.5. The molecule has 0 spiro atoms. The van der Waals surface area contributed by atoms with Gasteiger partial charge in [0.05, 0.1) is 10.2 Å². The summed E-state index contributed by atoms with van der Waals surface area (Å²) in [6.07, 6.45) is 0. The first-order chi connectivity index (χ1) is 7.97. The number of anilines is 1. The first-order valence-corrected chi connectivity index (χ1v) is 6.54. The van der Waals surface area contributed by atoms with Crippen molar-refractivity contribution in [3.05, 3.63) is 22.7 Å². The van der Waals surface area contributed by atoms with Gasteiger partial charge in [-0.05, 0) is 24.6 Å². The summed E-state index contributed by atoms with van der Waals surface area (Å²) in [7, 11) is 0. The van der Waals surface area contributed by atoms with Gasteiger partial charge in [-0.25, -0.2) is 4.98 Å². The van der Waals surface area contributed by atoms with Crippen molar-refractivity contribution in [2.75, 3.05) is 5.32 Å². The maximum atomic E-state index is 11.6. The van der Waals surface area contributed by atoms with E-state index in [1.54, 1.807) is 0 Å². The molecular weight excluding hydrogens is 256 g/mol. The molecule has 0 saturated heterocycles. The summed E-state index contributed by atoms with van der Waals surface area (Å²) in [4.78, 5) is 15.9. The van der Waals surface area contributed by atoms with Gasteiger partial charge in [0.25, 0.3) is 0 Å². The van der Waals surface area contributed by atoms with Crippen LogP contribution >= 0.6 is 22.9 Å². The van der Waals surface area contributed by atoms with Gasteiger partial charge in [0.2, 0.25) is 5.91 Å². The lowest BCUT2D eigenvalue weighted by Gasteiger charge is -2.02. The molecule has 0 unspecified atom stereocenters. The van der Waals surface area contributed by atoms with Crippen molar-refractivity contribution in [1.29, 1.82) is 0 Å². The quantitative estimate of drug-likeness (QED) is 0.899. The van der Waals surface area contributed by atoms with Crippen LogP contribution in [0.25, 0.3) is 10.2 Å². The van der Waals surface area contributed by atoms with Crippen LogP contribution in [-0.4, -0.2) is 10.9 Å². The van der Waals surface area contributed by atoms with Gasteiger partial charge in [-0.1, -0.05) is 36.8 Å². The standard InChI is InChI=1S/C12H13ClN2OS/c1-6(2)11(16)15-12-14-9-5-8(13)7(3)4-10(9)17-12/h4-6H,1-3H3,(H,14,15,16). The predicted molar refractivity (Wildman–Crippen MR) is 72.8 cm³/mol. The number of halogens is 1. The number of nitrogens with one attached hydrogen (secondary N) is 1. The van der Waals surface area contributed by atoms with Gasteiger partial charge in [0, 0.05) is 10.9 Å². The van der Waals surface area contributed by atoms with E-state index in [0.717, 1.165) is 15.8 Å². The van der Waals surface area contributed by atoms with Crippen LogP contribution < -0.4 is 5.32 Å². The summed E-state index contributed by atoms with van der Waals surface area (Å²) in [5, 5.41) is 4.12. The molecular formula is C12H13ClN2OS. The van der Waals surface area contributed by atoms with Crippen LogP contribution in [0.3, 0.4) is 0 Å². The number of fused-ring (bicyclic) bond motifs is 1. The van der Waals surface area contributed by atoms with Crippen LogP contribution in [0.2, 0.25) is 5.02 Å². The maximum Gasteiger partial charge on any atom is 0.228 e. The van der Waals surface area contributed by atoms with E-state index >= 15 is 0 Å². The zero-order valence-electron chi connectivity index (χ0n) is 9.87. The topological polar surface area (TPSA) is 42.0 Å². The highest BCUT2D eigenvalue weighted by Crippen LogP contribution is 2.30. The molecule has 17 heavy (non-hydrogen) atoms. The van der Waals surface area contributed by atoms with E-state index in [1.165, 1.54) is 11.3 Å². The number of hydrogen-bond acceptors (Lipinski definition) is 3. The van der Waals surface area contributed by atoms with Gasteiger partial charge in [-0.2, -0.15) is 0 Å². The summed E-state index contributed by atoms with van der Waals surface area (Å²) >= 11 is 7.49. The minimum Gasteiger partial charge on any atom is -0.302 e. The van der Waals surface area contributed by atoms with Crippen LogP contribution in [0.15, 0.2) is 12.1 Å². The minimum absolute atomic E-state index is 0.0214. The van der Waals surface area contributed by atoms with E-state index in [4.69, 9.17) is 11.6 Å². The van der Waals surface area contributed by atoms with Crippen molar-refractivity contribution in [1.82, 2.24) is 4.98 Å². The van der Waals surface area contributed by atoms with Gasteiger partial charge < -0.3 is 5.32 Å². The second kappa shape index (κ2) is 4.63. The molecule has 0 saturated carbocycles. The average Bonchev–Trinajstić information content (AvgIpc) is 2.60. The Morgan fingerprint density at radius 3 is 2.82 bits per heavy atom. The third-order valence-electron chi connectivity index (χ3n) is 2.42. The van der Waals surface area contributed by atoms with Crippen LogP contribution in [-0.2, 0) is 4.79 Å². The molecule has 0 fully saturated rings. The monoisotopic (exact) mass is 268 g/mol. The third kappa shape index (κ3) is 2.58. The second-order valence-electron chi connectivity index (χ2n) is 4.23. The number of aryl methyl sites for hydroxylation is 1. The van der Waals surface area contributed by atoms with E-state index in [-0.39, 0.29) is 11.8 Å². The number of hydrogen-bond donors (Lipinski definition) is 1. The van der Waals surface area contributed by atoms with Crippen molar-refractivity contribution in [3.8, 4) is 0 Å². The largest absolute Gasteiger partial charge is 0.302 e. The molecule has 1 heterocycles. The highest BCUT2D eigenvalue weighted by Gasteiger charge is 2.11. The molecule has 5 heteroatoms. The Hall–Kier alpha value is -1.13. The molecule has 0 aliphatic heterocycles. The lowest BCUT2D eigenvalue weighted by atomic mass is 10.2. The summed E-state index contributed by atoms with van der Waals surface area (Å²) in [6, 6.07) is 3.81. The SMILES string of the molecule is Cc1cc2sc(NC(=O)C(C)C)nc2cc1Cl.